The molecule has 0 bridgehead atoms. The summed E-state index contributed by atoms with van der Waals surface area (Å²) in [7, 11) is 3.07. The van der Waals surface area contributed by atoms with Gasteiger partial charge in [-0.15, -0.1) is 0 Å². The smallest absolute Gasteiger partial charge is 0.345 e. The van der Waals surface area contributed by atoms with Crippen LogP contribution in [0.5, 0.6) is 23.0 Å². The highest BCUT2D eigenvalue weighted by Crippen LogP contribution is 2.37. The number of anilines is 2. The molecule has 1 aromatic heterocycles. The van der Waals surface area contributed by atoms with E-state index in [0.717, 1.165) is 23.2 Å². The fraction of sp³-hybridized carbons (Fsp3) is 0.0800. The number of hydrogen-bond acceptors (Lipinski definition) is 6. The number of nitrogens with one attached hydrogen (secondary N) is 2. The van der Waals surface area contributed by atoms with E-state index in [4.69, 9.17) is 14.2 Å². The Balaban J connectivity index is 1.52. The average molecular weight is 494 g/mol. The molecule has 3 amide bonds. The van der Waals surface area contributed by atoms with E-state index in [1.54, 1.807) is 48.7 Å². The maximum Gasteiger partial charge on any atom is 0.345 e. The number of hydrazine groups is 1. The van der Waals surface area contributed by atoms with Gasteiger partial charge in [0.1, 0.15) is 11.5 Å². The van der Waals surface area contributed by atoms with Crippen LogP contribution < -0.4 is 30.0 Å². The number of urea groups is 1. The zero-order valence-electron chi connectivity index (χ0n) is 19.1. The van der Waals surface area contributed by atoms with Crippen LogP contribution in [0.15, 0.2) is 66.9 Å². The van der Waals surface area contributed by atoms with Gasteiger partial charge in [0.2, 0.25) is 6.41 Å². The maximum absolute atomic E-state index is 13.6. The Morgan fingerprint density at radius 2 is 1.64 bits per heavy atom. The Morgan fingerprint density at radius 3 is 2.31 bits per heavy atom. The van der Waals surface area contributed by atoms with Gasteiger partial charge in [-0.25, -0.2) is 18.6 Å². The molecule has 11 heteroatoms. The summed E-state index contributed by atoms with van der Waals surface area (Å²) in [6.07, 6.45) is 1.84. The zero-order valence-corrected chi connectivity index (χ0v) is 19.1. The van der Waals surface area contributed by atoms with E-state index in [1.165, 1.54) is 14.2 Å². The Labute approximate surface area is 204 Å². The van der Waals surface area contributed by atoms with Gasteiger partial charge < -0.3 is 19.5 Å². The summed E-state index contributed by atoms with van der Waals surface area (Å²) in [5.74, 6) is -0.192. The van der Waals surface area contributed by atoms with E-state index in [0.29, 0.717) is 39.6 Å². The molecular formula is C25H20F2N4O5. The van der Waals surface area contributed by atoms with E-state index in [9.17, 15) is 18.4 Å². The zero-order chi connectivity index (χ0) is 25.7. The molecule has 2 N–H and O–H groups in total. The van der Waals surface area contributed by atoms with Crippen LogP contribution in [0.3, 0.4) is 0 Å². The summed E-state index contributed by atoms with van der Waals surface area (Å²) in [4.78, 5) is 27.9. The third-order valence-electron chi connectivity index (χ3n) is 5.09. The standard InChI is InChI=1S/C25H20F2N4O5/c1-34-23-12-18-21(13-24(23)35-2)28-10-9-22(18)36-17-6-3-15(4-7-17)30-25(33)31(29-14-32)16-5-8-19(26)20(27)11-16/h3-14H,1-2H3,(H,29,32)(H,30,33). The second kappa shape index (κ2) is 10.6. The van der Waals surface area contributed by atoms with Crippen molar-refractivity contribution in [3.63, 3.8) is 0 Å². The molecule has 4 aromatic rings. The topological polar surface area (TPSA) is 102 Å². The number of carbonyl (C=O) groups is 2. The number of nitrogens with zero attached hydrogens (tertiary/aromatic N) is 2. The molecule has 184 valence electrons. The quantitative estimate of drug-likeness (QED) is 0.263. The molecule has 1 heterocycles. The number of methoxy groups -OCH3 is 2. The minimum atomic E-state index is -1.17. The number of amides is 3. The number of fused-ring (bicyclic) bond motifs is 1. The van der Waals surface area contributed by atoms with Crippen molar-refractivity contribution >= 4 is 34.7 Å². The number of benzene rings is 3. The molecule has 4 rings (SSSR count). The summed E-state index contributed by atoms with van der Waals surface area (Å²) < 4.78 is 43.5. The Bertz CT molecular complexity index is 1420. The number of hydrogen-bond donors (Lipinski definition) is 2. The summed E-state index contributed by atoms with van der Waals surface area (Å²) >= 11 is 0. The lowest BCUT2D eigenvalue weighted by Gasteiger charge is -2.21. The number of carbonyl (C=O) groups excluding carboxylic acids is 2. The van der Waals surface area contributed by atoms with Crippen molar-refractivity contribution in [2.24, 2.45) is 0 Å². The van der Waals surface area contributed by atoms with Crippen molar-refractivity contribution in [1.82, 2.24) is 10.4 Å². The third-order valence-corrected chi connectivity index (χ3v) is 5.09. The molecule has 0 aliphatic heterocycles. The average Bonchev–Trinajstić information content (AvgIpc) is 2.89. The van der Waals surface area contributed by atoms with Gasteiger partial charge in [-0.2, -0.15) is 0 Å². The largest absolute Gasteiger partial charge is 0.493 e. The van der Waals surface area contributed by atoms with E-state index < -0.39 is 17.7 Å². The predicted molar refractivity (Wildman–Crippen MR) is 128 cm³/mol. The second-order valence-electron chi connectivity index (χ2n) is 7.27. The van der Waals surface area contributed by atoms with Crippen LogP contribution in [0, 0.1) is 11.6 Å². The first-order valence-corrected chi connectivity index (χ1v) is 10.5. The van der Waals surface area contributed by atoms with Gasteiger partial charge in [0, 0.05) is 29.4 Å². The summed E-state index contributed by atoms with van der Waals surface area (Å²) in [6, 6.07) is 13.6. The van der Waals surface area contributed by atoms with Gasteiger partial charge in [0.25, 0.3) is 0 Å². The predicted octanol–water partition coefficient (Wildman–Crippen LogP) is 5.02. The Morgan fingerprint density at radius 1 is 0.917 bits per heavy atom. The lowest BCUT2D eigenvalue weighted by molar-refractivity contribution is -0.109. The molecule has 0 saturated carbocycles. The number of rotatable bonds is 8. The number of halogens is 2. The maximum atomic E-state index is 13.6. The molecule has 0 aliphatic carbocycles. The third kappa shape index (κ3) is 5.09. The molecule has 3 aromatic carbocycles. The molecule has 9 nitrogen and oxygen atoms in total. The van der Waals surface area contributed by atoms with Crippen molar-refractivity contribution in [3.05, 3.63) is 78.5 Å². The molecule has 0 saturated heterocycles. The first-order valence-electron chi connectivity index (χ1n) is 10.5. The van der Waals surface area contributed by atoms with Crippen LogP contribution in [0.1, 0.15) is 0 Å². The van der Waals surface area contributed by atoms with Crippen molar-refractivity contribution in [2.45, 2.75) is 0 Å². The highest BCUT2D eigenvalue weighted by atomic mass is 19.2. The van der Waals surface area contributed by atoms with Gasteiger partial charge >= 0.3 is 6.03 Å². The van der Waals surface area contributed by atoms with E-state index in [-0.39, 0.29) is 12.1 Å². The van der Waals surface area contributed by atoms with Crippen molar-refractivity contribution in [3.8, 4) is 23.0 Å². The normalized spacial score (nSPS) is 10.4. The van der Waals surface area contributed by atoms with Crippen molar-refractivity contribution < 1.29 is 32.6 Å². The van der Waals surface area contributed by atoms with Gasteiger partial charge in [-0.3, -0.25) is 15.2 Å². The van der Waals surface area contributed by atoms with Crippen LogP contribution >= 0.6 is 0 Å². The van der Waals surface area contributed by atoms with Crippen LogP contribution in [-0.4, -0.2) is 31.6 Å². The summed E-state index contributed by atoms with van der Waals surface area (Å²) in [5, 5.41) is 4.01. The first-order chi connectivity index (χ1) is 17.4. The molecule has 0 fully saturated rings. The van der Waals surface area contributed by atoms with Crippen LogP contribution in [0.2, 0.25) is 0 Å². The summed E-state index contributed by atoms with van der Waals surface area (Å²) in [6.45, 7) is 0. The van der Waals surface area contributed by atoms with E-state index in [1.807, 2.05) is 0 Å². The SMILES string of the molecule is COc1cc2nccc(Oc3ccc(NC(=O)N(NC=O)c4ccc(F)c(F)c4)cc3)c2cc1OC. The fourth-order valence-electron chi connectivity index (χ4n) is 3.38. The minimum Gasteiger partial charge on any atom is -0.493 e. The molecule has 0 unspecified atom stereocenters. The van der Waals surface area contributed by atoms with Gasteiger partial charge in [0.05, 0.1) is 25.4 Å². The molecule has 0 atom stereocenters. The number of ether oxygens (including phenoxy) is 3. The fourth-order valence-corrected chi connectivity index (χ4v) is 3.38. The van der Waals surface area contributed by atoms with Crippen LogP contribution in [0.4, 0.5) is 25.0 Å². The minimum absolute atomic E-state index is 0.0740. The first kappa shape index (κ1) is 24.2. The molecule has 0 radical (unpaired) electrons. The van der Waals surface area contributed by atoms with Crippen LogP contribution in [0.25, 0.3) is 10.9 Å². The van der Waals surface area contributed by atoms with Crippen molar-refractivity contribution in [2.75, 3.05) is 24.5 Å². The number of aromatic nitrogens is 1. The lowest BCUT2D eigenvalue weighted by atomic mass is 10.2. The second-order valence-corrected chi connectivity index (χ2v) is 7.27. The molecule has 0 spiro atoms. The van der Waals surface area contributed by atoms with E-state index in [2.05, 4.69) is 15.7 Å². The number of pyridine rings is 1. The summed E-state index contributed by atoms with van der Waals surface area (Å²) in [5.41, 5.74) is 3.08. The molecule has 36 heavy (non-hydrogen) atoms. The van der Waals surface area contributed by atoms with Gasteiger partial charge in [0.15, 0.2) is 23.1 Å². The van der Waals surface area contributed by atoms with Crippen molar-refractivity contribution in [1.29, 1.82) is 0 Å². The van der Waals surface area contributed by atoms with Crippen LogP contribution in [-0.2, 0) is 4.79 Å². The van der Waals surface area contributed by atoms with Gasteiger partial charge in [-0.05, 0) is 48.5 Å². The molecule has 0 aliphatic rings. The lowest BCUT2D eigenvalue weighted by Crippen LogP contribution is -2.45. The molecular weight excluding hydrogens is 474 g/mol. The Hall–Kier alpha value is -4.93. The van der Waals surface area contributed by atoms with Gasteiger partial charge in [-0.1, -0.05) is 0 Å². The Kier molecular flexibility index (Phi) is 7.10. The monoisotopic (exact) mass is 494 g/mol. The van der Waals surface area contributed by atoms with E-state index >= 15 is 0 Å². The highest BCUT2D eigenvalue weighted by Gasteiger charge is 2.18. The highest BCUT2D eigenvalue weighted by molar-refractivity contribution is 6.02.